The SMILES string of the molecule is COc1ccc(S(=O)(=O)N2CCCC2)cc1NC(=O)CN(c1cccc(C)c1C)S(=O)(=O)c1ccc(C)cc1. The maximum Gasteiger partial charge on any atom is 0.264 e. The number of nitrogens with one attached hydrogen (secondary N) is 1. The Morgan fingerprint density at radius 3 is 2.21 bits per heavy atom. The summed E-state index contributed by atoms with van der Waals surface area (Å²) in [4.78, 5) is 13.5. The van der Waals surface area contributed by atoms with Gasteiger partial charge in [0, 0.05) is 13.1 Å². The van der Waals surface area contributed by atoms with E-state index in [0.717, 1.165) is 33.8 Å². The molecule has 0 saturated carbocycles. The highest BCUT2D eigenvalue weighted by molar-refractivity contribution is 7.92. The number of hydrogen-bond donors (Lipinski definition) is 1. The van der Waals surface area contributed by atoms with E-state index in [2.05, 4.69) is 5.32 Å². The molecule has 1 fully saturated rings. The number of methoxy groups -OCH3 is 1. The van der Waals surface area contributed by atoms with Crippen molar-refractivity contribution in [2.75, 3.05) is 36.4 Å². The van der Waals surface area contributed by atoms with Gasteiger partial charge in [-0.1, -0.05) is 29.8 Å². The summed E-state index contributed by atoms with van der Waals surface area (Å²) in [5, 5.41) is 2.68. The summed E-state index contributed by atoms with van der Waals surface area (Å²) in [7, 11) is -6.45. The molecule has 3 aromatic rings. The molecule has 1 aliphatic rings. The van der Waals surface area contributed by atoms with Gasteiger partial charge < -0.3 is 10.1 Å². The first-order chi connectivity index (χ1) is 18.4. The molecule has 0 atom stereocenters. The standard InChI is InChI=1S/C28H33N3O6S2/c1-20-10-12-23(13-11-20)39(35,36)31(26-9-7-8-21(2)22(26)3)19-28(32)29-25-18-24(14-15-27(25)37-4)38(33,34)30-16-5-6-17-30/h7-15,18H,5-6,16-17,19H2,1-4H3,(H,29,32). The molecule has 0 spiro atoms. The van der Waals surface area contributed by atoms with Crippen LogP contribution in [0.4, 0.5) is 11.4 Å². The summed E-state index contributed by atoms with van der Waals surface area (Å²) in [6.07, 6.45) is 1.59. The lowest BCUT2D eigenvalue weighted by atomic mass is 10.1. The summed E-state index contributed by atoms with van der Waals surface area (Å²) in [5.74, 6) is -0.399. The number of anilines is 2. The van der Waals surface area contributed by atoms with E-state index in [1.165, 1.54) is 41.7 Å². The van der Waals surface area contributed by atoms with Crippen LogP contribution in [0, 0.1) is 20.8 Å². The molecule has 39 heavy (non-hydrogen) atoms. The zero-order valence-electron chi connectivity index (χ0n) is 22.5. The number of carbonyl (C=O) groups excluding carboxylic acids is 1. The first-order valence-electron chi connectivity index (χ1n) is 12.6. The maximum absolute atomic E-state index is 13.8. The average molecular weight is 572 g/mol. The van der Waals surface area contributed by atoms with Gasteiger partial charge in [-0.2, -0.15) is 4.31 Å². The molecule has 0 aliphatic carbocycles. The smallest absolute Gasteiger partial charge is 0.264 e. The van der Waals surface area contributed by atoms with Crippen LogP contribution in [-0.4, -0.2) is 53.8 Å². The van der Waals surface area contributed by atoms with Crippen molar-refractivity contribution in [1.29, 1.82) is 0 Å². The molecule has 4 rings (SSSR count). The second kappa shape index (κ2) is 11.4. The van der Waals surface area contributed by atoms with Crippen LogP contribution in [0.5, 0.6) is 5.75 Å². The van der Waals surface area contributed by atoms with Gasteiger partial charge in [-0.3, -0.25) is 9.10 Å². The normalized spacial score (nSPS) is 14.3. The highest BCUT2D eigenvalue weighted by Gasteiger charge is 2.30. The van der Waals surface area contributed by atoms with E-state index in [9.17, 15) is 21.6 Å². The van der Waals surface area contributed by atoms with Crippen molar-refractivity contribution in [2.45, 2.75) is 43.4 Å². The Balaban J connectivity index is 1.69. The van der Waals surface area contributed by atoms with E-state index in [1.54, 1.807) is 31.2 Å². The number of amides is 1. The fourth-order valence-electron chi connectivity index (χ4n) is 4.49. The monoisotopic (exact) mass is 571 g/mol. The zero-order chi connectivity index (χ0) is 28.4. The molecule has 1 heterocycles. The molecular weight excluding hydrogens is 538 g/mol. The fraction of sp³-hybridized carbons (Fsp3) is 0.321. The Morgan fingerprint density at radius 2 is 1.56 bits per heavy atom. The van der Waals surface area contributed by atoms with Crippen LogP contribution in [0.15, 0.2) is 70.5 Å². The van der Waals surface area contributed by atoms with Gasteiger partial charge in [0.1, 0.15) is 12.3 Å². The third-order valence-electron chi connectivity index (χ3n) is 6.89. The number of rotatable bonds is 9. The van der Waals surface area contributed by atoms with Crippen molar-refractivity contribution in [3.05, 3.63) is 77.4 Å². The molecule has 3 aromatic carbocycles. The summed E-state index contributed by atoms with van der Waals surface area (Å²) < 4.78 is 61.6. The van der Waals surface area contributed by atoms with Crippen LogP contribution < -0.4 is 14.4 Å². The van der Waals surface area contributed by atoms with Crippen LogP contribution in [0.25, 0.3) is 0 Å². The highest BCUT2D eigenvalue weighted by Crippen LogP contribution is 2.32. The van der Waals surface area contributed by atoms with Crippen molar-refractivity contribution in [2.24, 2.45) is 0 Å². The van der Waals surface area contributed by atoms with Crippen molar-refractivity contribution in [3.63, 3.8) is 0 Å². The third kappa shape index (κ3) is 5.95. The van der Waals surface area contributed by atoms with Crippen LogP contribution in [0.1, 0.15) is 29.5 Å². The number of aryl methyl sites for hydroxylation is 2. The lowest BCUT2D eigenvalue weighted by Crippen LogP contribution is -2.38. The summed E-state index contributed by atoms with van der Waals surface area (Å²) in [6, 6.07) is 15.9. The van der Waals surface area contributed by atoms with Gasteiger partial charge in [-0.05, 0) is 81.1 Å². The molecule has 0 radical (unpaired) electrons. The minimum absolute atomic E-state index is 0.0270. The minimum Gasteiger partial charge on any atom is -0.495 e. The third-order valence-corrected chi connectivity index (χ3v) is 10.6. The summed E-state index contributed by atoms with van der Waals surface area (Å²) in [5.41, 5.74) is 3.01. The Hall–Kier alpha value is -3.41. The Morgan fingerprint density at radius 1 is 0.923 bits per heavy atom. The predicted octanol–water partition coefficient (Wildman–Crippen LogP) is 4.24. The number of benzene rings is 3. The molecule has 0 unspecified atom stereocenters. The number of ether oxygens (including phenoxy) is 1. The quantitative estimate of drug-likeness (QED) is 0.411. The van der Waals surface area contributed by atoms with E-state index >= 15 is 0 Å². The topological polar surface area (TPSA) is 113 Å². The van der Waals surface area contributed by atoms with E-state index in [-0.39, 0.29) is 21.2 Å². The number of carbonyl (C=O) groups is 1. The van der Waals surface area contributed by atoms with E-state index in [4.69, 9.17) is 4.74 Å². The van der Waals surface area contributed by atoms with Crippen molar-refractivity contribution < 1.29 is 26.4 Å². The summed E-state index contributed by atoms with van der Waals surface area (Å²) in [6.45, 7) is 5.88. The van der Waals surface area contributed by atoms with E-state index in [0.29, 0.717) is 18.8 Å². The molecule has 0 bridgehead atoms. The molecule has 11 heteroatoms. The van der Waals surface area contributed by atoms with Gasteiger partial charge in [0.15, 0.2) is 0 Å². The van der Waals surface area contributed by atoms with Gasteiger partial charge in [0.05, 0.1) is 28.3 Å². The lowest BCUT2D eigenvalue weighted by molar-refractivity contribution is -0.114. The summed E-state index contributed by atoms with van der Waals surface area (Å²) >= 11 is 0. The molecule has 9 nitrogen and oxygen atoms in total. The molecule has 1 amide bonds. The molecule has 0 aromatic heterocycles. The van der Waals surface area contributed by atoms with Crippen molar-refractivity contribution in [3.8, 4) is 5.75 Å². The average Bonchev–Trinajstić information content (AvgIpc) is 3.45. The maximum atomic E-state index is 13.8. The fourth-order valence-corrected chi connectivity index (χ4v) is 7.51. The Bertz CT molecular complexity index is 1580. The minimum atomic E-state index is -4.12. The van der Waals surface area contributed by atoms with Gasteiger partial charge in [-0.15, -0.1) is 0 Å². The van der Waals surface area contributed by atoms with Crippen LogP contribution in [0.2, 0.25) is 0 Å². The Kier molecular flexibility index (Phi) is 8.34. The van der Waals surface area contributed by atoms with Crippen LogP contribution >= 0.6 is 0 Å². The van der Waals surface area contributed by atoms with Crippen molar-refractivity contribution in [1.82, 2.24) is 4.31 Å². The highest BCUT2D eigenvalue weighted by atomic mass is 32.2. The largest absolute Gasteiger partial charge is 0.495 e. The van der Waals surface area contributed by atoms with Gasteiger partial charge in [-0.25, -0.2) is 16.8 Å². The molecule has 1 saturated heterocycles. The first-order valence-corrected chi connectivity index (χ1v) is 15.5. The second-order valence-corrected chi connectivity index (χ2v) is 13.4. The molecular formula is C28H33N3O6S2. The molecule has 208 valence electrons. The van der Waals surface area contributed by atoms with Crippen LogP contribution in [0.3, 0.4) is 0 Å². The number of hydrogen-bond acceptors (Lipinski definition) is 6. The molecule has 1 aliphatic heterocycles. The molecule has 1 N–H and O–H groups in total. The second-order valence-electron chi connectivity index (χ2n) is 9.57. The number of nitrogens with zero attached hydrogens (tertiary/aromatic N) is 2. The zero-order valence-corrected chi connectivity index (χ0v) is 24.1. The van der Waals surface area contributed by atoms with Gasteiger partial charge in [0.2, 0.25) is 15.9 Å². The number of sulfonamides is 2. The van der Waals surface area contributed by atoms with Gasteiger partial charge >= 0.3 is 0 Å². The van der Waals surface area contributed by atoms with Crippen LogP contribution in [-0.2, 0) is 24.8 Å². The van der Waals surface area contributed by atoms with E-state index < -0.39 is 32.5 Å². The lowest BCUT2D eigenvalue weighted by Gasteiger charge is -2.26. The first kappa shape index (κ1) is 28.6. The van der Waals surface area contributed by atoms with E-state index in [1.807, 2.05) is 19.9 Å². The predicted molar refractivity (Wildman–Crippen MR) is 151 cm³/mol. The van der Waals surface area contributed by atoms with Crippen molar-refractivity contribution >= 4 is 37.3 Å². The Labute approximate surface area is 230 Å². The van der Waals surface area contributed by atoms with Gasteiger partial charge in [0.25, 0.3) is 10.0 Å².